The van der Waals surface area contributed by atoms with Gasteiger partial charge in [0.05, 0.1) is 17.8 Å². The van der Waals surface area contributed by atoms with E-state index in [-0.39, 0.29) is 11.4 Å². The molecule has 0 bridgehead atoms. The number of pyridine rings is 1. The van der Waals surface area contributed by atoms with Gasteiger partial charge in [-0.2, -0.15) is 0 Å². The second kappa shape index (κ2) is 6.50. The maximum absolute atomic E-state index is 12.6. The van der Waals surface area contributed by atoms with Crippen molar-refractivity contribution in [2.24, 2.45) is 0 Å². The zero-order valence-electron chi connectivity index (χ0n) is 13.3. The number of nitrogens with one attached hydrogen (secondary N) is 1. The summed E-state index contributed by atoms with van der Waals surface area (Å²) in [5.41, 5.74) is 1.04. The number of hydrogen-bond acceptors (Lipinski definition) is 6. The Balaban J connectivity index is 1.87. The molecule has 0 saturated heterocycles. The minimum atomic E-state index is -3.70. The highest BCUT2D eigenvalue weighted by Crippen LogP contribution is 2.20. The third kappa shape index (κ3) is 3.34. The lowest BCUT2D eigenvalue weighted by Crippen LogP contribution is -2.24. The van der Waals surface area contributed by atoms with Crippen LogP contribution in [0.2, 0.25) is 0 Å². The van der Waals surface area contributed by atoms with E-state index in [4.69, 9.17) is 0 Å². The SMILES string of the molecule is CN(C)c1nccc(CNS(=O)(=O)c2cccc3cccnc23)n1. The second-order valence-corrected chi connectivity index (χ2v) is 7.13. The number of nitrogens with zero attached hydrogens (tertiary/aromatic N) is 4. The number of para-hydroxylation sites is 1. The van der Waals surface area contributed by atoms with Crippen LogP contribution in [0.15, 0.2) is 53.7 Å². The zero-order chi connectivity index (χ0) is 17.2. The normalized spacial score (nSPS) is 11.6. The number of rotatable bonds is 5. The molecule has 0 saturated carbocycles. The van der Waals surface area contributed by atoms with E-state index < -0.39 is 10.0 Å². The highest BCUT2D eigenvalue weighted by molar-refractivity contribution is 7.89. The first-order valence-corrected chi connectivity index (χ1v) is 8.78. The first kappa shape index (κ1) is 16.3. The Labute approximate surface area is 140 Å². The van der Waals surface area contributed by atoms with Gasteiger partial charge < -0.3 is 4.90 Å². The standard InChI is InChI=1S/C16H17N5O2S/c1-21(2)16-18-10-8-13(20-16)11-19-24(22,23)14-7-3-5-12-6-4-9-17-15(12)14/h3-10,19H,11H2,1-2H3. The minimum absolute atomic E-state index is 0.0783. The van der Waals surface area contributed by atoms with Crippen LogP contribution in [0.3, 0.4) is 0 Å². The first-order valence-electron chi connectivity index (χ1n) is 7.30. The van der Waals surface area contributed by atoms with Crippen LogP contribution in [0.5, 0.6) is 0 Å². The van der Waals surface area contributed by atoms with Crippen LogP contribution in [0.25, 0.3) is 10.9 Å². The molecule has 0 aliphatic rings. The highest BCUT2D eigenvalue weighted by atomic mass is 32.2. The molecule has 3 rings (SSSR count). The van der Waals surface area contributed by atoms with Crippen molar-refractivity contribution in [1.29, 1.82) is 0 Å². The monoisotopic (exact) mass is 343 g/mol. The lowest BCUT2D eigenvalue weighted by Gasteiger charge is -2.12. The number of benzene rings is 1. The number of sulfonamides is 1. The molecule has 0 aliphatic carbocycles. The van der Waals surface area contributed by atoms with Gasteiger partial charge in [0.1, 0.15) is 4.90 Å². The van der Waals surface area contributed by atoms with E-state index in [2.05, 4.69) is 19.7 Å². The van der Waals surface area contributed by atoms with Crippen molar-refractivity contribution >= 4 is 26.9 Å². The molecule has 0 radical (unpaired) electrons. The number of hydrogen-bond donors (Lipinski definition) is 1. The van der Waals surface area contributed by atoms with Gasteiger partial charge in [0.25, 0.3) is 0 Å². The molecule has 1 aromatic carbocycles. The maximum atomic E-state index is 12.6. The van der Waals surface area contributed by atoms with Gasteiger partial charge in [0.2, 0.25) is 16.0 Å². The van der Waals surface area contributed by atoms with Crippen LogP contribution < -0.4 is 9.62 Å². The van der Waals surface area contributed by atoms with Gasteiger partial charge in [-0.1, -0.05) is 18.2 Å². The number of fused-ring (bicyclic) bond motifs is 1. The molecule has 0 aliphatic heterocycles. The Morgan fingerprint density at radius 2 is 1.83 bits per heavy atom. The van der Waals surface area contributed by atoms with Gasteiger partial charge in [-0.25, -0.2) is 23.1 Å². The van der Waals surface area contributed by atoms with Gasteiger partial charge in [0, 0.05) is 31.9 Å². The Bertz CT molecular complexity index is 968. The van der Waals surface area contributed by atoms with Gasteiger partial charge in [-0.05, 0) is 18.2 Å². The molecule has 8 heteroatoms. The van der Waals surface area contributed by atoms with Crippen molar-refractivity contribution < 1.29 is 8.42 Å². The summed E-state index contributed by atoms with van der Waals surface area (Å²) >= 11 is 0. The summed E-state index contributed by atoms with van der Waals surface area (Å²) in [5, 5.41) is 0.775. The van der Waals surface area contributed by atoms with E-state index in [1.165, 1.54) is 0 Å². The van der Waals surface area contributed by atoms with Crippen molar-refractivity contribution in [2.75, 3.05) is 19.0 Å². The molecule has 0 amide bonds. The van der Waals surface area contributed by atoms with Crippen molar-refractivity contribution in [2.45, 2.75) is 11.4 Å². The molecule has 124 valence electrons. The summed E-state index contributed by atoms with van der Waals surface area (Å²) in [6, 6.07) is 10.4. The predicted molar refractivity (Wildman–Crippen MR) is 92.1 cm³/mol. The Kier molecular flexibility index (Phi) is 4.41. The average molecular weight is 343 g/mol. The first-order chi connectivity index (χ1) is 11.5. The molecule has 0 fully saturated rings. The Morgan fingerprint density at radius 3 is 2.62 bits per heavy atom. The van der Waals surface area contributed by atoms with E-state index in [0.29, 0.717) is 17.2 Å². The Hall–Kier alpha value is -2.58. The largest absolute Gasteiger partial charge is 0.347 e. The Morgan fingerprint density at radius 1 is 1.04 bits per heavy atom. The van der Waals surface area contributed by atoms with Crippen molar-refractivity contribution in [3.05, 3.63) is 54.5 Å². The van der Waals surface area contributed by atoms with Gasteiger partial charge in [-0.3, -0.25) is 4.98 Å². The summed E-state index contributed by atoms with van der Waals surface area (Å²) in [4.78, 5) is 14.5. The third-order valence-electron chi connectivity index (χ3n) is 3.43. The van der Waals surface area contributed by atoms with Gasteiger partial charge >= 0.3 is 0 Å². The van der Waals surface area contributed by atoms with Crippen molar-refractivity contribution in [3.8, 4) is 0 Å². The van der Waals surface area contributed by atoms with Gasteiger partial charge in [-0.15, -0.1) is 0 Å². The summed E-state index contributed by atoms with van der Waals surface area (Å²) < 4.78 is 27.8. The molecule has 2 heterocycles. The summed E-state index contributed by atoms with van der Waals surface area (Å²) in [6.07, 6.45) is 3.18. The van der Waals surface area contributed by atoms with Crippen LogP contribution in [0.1, 0.15) is 5.69 Å². The molecule has 0 unspecified atom stereocenters. The summed E-state index contributed by atoms with van der Waals surface area (Å²) in [6.45, 7) is 0.0783. The van der Waals surface area contributed by atoms with E-state index in [0.717, 1.165) is 5.39 Å². The van der Waals surface area contributed by atoms with E-state index in [9.17, 15) is 8.42 Å². The lowest BCUT2D eigenvalue weighted by atomic mass is 10.2. The molecule has 3 aromatic rings. The van der Waals surface area contributed by atoms with Crippen LogP contribution in [-0.2, 0) is 16.6 Å². The van der Waals surface area contributed by atoms with Crippen LogP contribution in [0.4, 0.5) is 5.95 Å². The van der Waals surface area contributed by atoms with Gasteiger partial charge in [0.15, 0.2) is 0 Å². The smallest absolute Gasteiger partial charge is 0.243 e. The second-order valence-electron chi connectivity index (χ2n) is 5.40. The number of anilines is 1. The fraction of sp³-hybridized carbons (Fsp3) is 0.188. The summed E-state index contributed by atoms with van der Waals surface area (Å²) in [7, 11) is -0.0558. The van der Waals surface area contributed by atoms with E-state index in [1.54, 1.807) is 41.6 Å². The van der Waals surface area contributed by atoms with E-state index in [1.807, 2.05) is 26.2 Å². The minimum Gasteiger partial charge on any atom is -0.347 e. The van der Waals surface area contributed by atoms with Crippen LogP contribution in [-0.4, -0.2) is 37.5 Å². The molecule has 2 aromatic heterocycles. The van der Waals surface area contributed by atoms with Crippen molar-refractivity contribution in [1.82, 2.24) is 19.7 Å². The summed E-state index contributed by atoms with van der Waals surface area (Å²) in [5.74, 6) is 0.526. The zero-order valence-corrected chi connectivity index (χ0v) is 14.2. The fourth-order valence-corrected chi connectivity index (χ4v) is 3.41. The number of aromatic nitrogens is 3. The lowest BCUT2D eigenvalue weighted by molar-refractivity contribution is 0.581. The molecule has 24 heavy (non-hydrogen) atoms. The quantitative estimate of drug-likeness (QED) is 0.756. The van der Waals surface area contributed by atoms with E-state index >= 15 is 0 Å². The average Bonchev–Trinajstić information content (AvgIpc) is 2.60. The predicted octanol–water partition coefficient (Wildman–Crippen LogP) is 1.57. The van der Waals surface area contributed by atoms with Crippen molar-refractivity contribution in [3.63, 3.8) is 0 Å². The molecular formula is C16H17N5O2S. The molecule has 7 nitrogen and oxygen atoms in total. The highest BCUT2D eigenvalue weighted by Gasteiger charge is 2.18. The molecule has 1 N–H and O–H groups in total. The third-order valence-corrected chi connectivity index (χ3v) is 4.86. The fourth-order valence-electron chi connectivity index (χ4n) is 2.24. The van der Waals surface area contributed by atoms with Crippen LogP contribution in [0, 0.1) is 0 Å². The molecular weight excluding hydrogens is 326 g/mol. The molecule has 0 spiro atoms. The molecule has 0 atom stereocenters. The van der Waals surface area contributed by atoms with Crippen LogP contribution >= 0.6 is 0 Å². The maximum Gasteiger partial charge on any atom is 0.243 e. The topological polar surface area (TPSA) is 88.1 Å².